The quantitative estimate of drug-likeness (QED) is 0.465. The molecule has 1 aliphatic heterocycles. The molecule has 1 spiro atoms. The minimum Gasteiger partial charge on any atom is -0.454 e. The van der Waals surface area contributed by atoms with Crippen LogP contribution >= 0.6 is 0 Å². The molecule has 0 aromatic heterocycles. The minimum absolute atomic E-state index is 0.0835. The van der Waals surface area contributed by atoms with E-state index < -0.39 is 30.7 Å². The number of carbonyl (C=O) groups excluding carboxylic acids is 4. The lowest BCUT2D eigenvalue weighted by Gasteiger charge is -2.43. The van der Waals surface area contributed by atoms with Crippen LogP contribution in [-0.4, -0.2) is 65.4 Å². The number of nitrogens with one attached hydrogen (secondary N) is 1. The van der Waals surface area contributed by atoms with Gasteiger partial charge in [0.2, 0.25) is 0 Å². The van der Waals surface area contributed by atoms with Crippen molar-refractivity contribution in [2.75, 3.05) is 26.2 Å². The van der Waals surface area contributed by atoms with E-state index >= 15 is 0 Å². The van der Waals surface area contributed by atoms with Crippen molar-refractivity contribution in [1.82, 2.24) is 15.1 Å². The molecule has 1 N–H and O–H groups in total. The first-order valence-corrected chi connectivity index (χ1v) is 11.3. The third-order valence-corrected chi connectivity index (χ3v) is 5.79. The van der Waals surface area contributed by atoms with Crippen LogP contribution in [0.15, 0.2) is 0 Å². The van der Waals surface area contributed by atoms with Gasteiger partial charge < -0.3 is 15.0 Å². The Kier molecular flexibility index (Phi) is 7.76. The van der Waals surface area contributed by atoms with Gasteiger partial charge in [-0.1, -0.05) is 48.5 Å². The molecule has 4 amide bonds. The summed E-state index contributed by atoms with van der Waals surface area (Å²) in [6, 6.07) is -0.570. The topological polar surface area (TPSA) is 96.0 Å². The zero-order chi connectivity index (χ0) is 23.6. The Bertz CT molecular complexity index is 708. The van der Waals surface area contributed by atoms with Crippen LogP contribution in [0.1, 0.15) is 67.7 Å². The number of carbonyl (C=O) groups is 4. The van der Waals surface area contributed by atoms with Crippen molar-refractivity contribution in [3.05, 3.63) is 0 Å². The number of nitrogens with zero attached hydrogens (tertiary/aromatic N) is 2. The van der Waals surface area contributed by atoms with E-state index in [9.17, 15) is 19.2 Å². The number of imide groups is 1. The Labute approximate surface area is 186 Å². The molecular formula is C23H39N3O5. The van der Waals surface area contributed by atoms with E-state index in [1.54, 1.807) is 4.90 Å². The normalized spacial score (nSPS) is 25.3. The van der Waals surface area contributed by atoms with Gasteiger partial charge in [0.05, 0.1) is 0 Å². The van der Waals surface area contributed by atoms with E-state index in [1.165, 1.54) is 0 Å². The number of hydrogen-bond donors (Lipinski definition) is 1. The molecule has 1 heterocycles. The molecule has 8 nitrogen and oxygen atoms in total. The lowest BCUT2D eigenvalue weighted by atomic mass is 9.64. The van der Waals surface area contributed by atoms with Crippen LogP contribution in [0.4, 0.5) is 4.79 Å². The first kappa shape index (κ1) is 25.1. The van der Waals surface area contributed by atoms with Crippen LogP contribution in [0.3, 0.4) is 0 Å². The molecule has 176 valence electrons. The second-order valence-electron chi connectivity index (χ2n) is 11.0. The first-order valence-electron chi connectivity index (χ1n) is 11.3. The fraction of sp³-hybridized carbons (Fsp3) is 0.826. The van der Waals surface area contributed by atoms with Gasteiger partial charge in [0.15, 0.2) is 6.61 Å². The summed E-state index contributed by atoms with van der Waals surface area (Å²) >= 11 is 0. The maximum atomic E-state index is 13.1. The average Bonchev–Trinajstić information content (AvgIpc) is 2.79. The lowest BCUT2D eigenvalue weighted by Crippen LogP contribution is -2.54. The van der Waals surface area contributed by atoms with Crippen LogP contribution in [0.2, 0.25) is 0 Å². The molecule has 0 aromatic carbocycles. The van der Waals surface area contributed by atoms with E-state index in [1.807, 2.05) is 27.7 Å². The second-order valence-corrected chi connectivity index (χ2v) is 11.0. The number of rotatable bonds is 8. The smallest absolute Gasteiger partial charge is 0.326 e. The van der Waals surface area contributed by atoms with Crippen molar-refractivity contribution in [2.45, 2.75) is 73.3 Å². The molecule has 2 aliphatic rings. The van der Waals surface area contributed by atoms with E-state index in [0.29, 0.717) is 37.8 Å². The third kappa shape index (κ3) is 6.43. The van der Waals surface area contributed by atoms with Crippen molar-refractivity contribution in [3.63, 3.8) is 0 Å². The van der Waals surface area contributed by atoms with Crippen LogP contribution in [0.5, 0.6) is 0 Å². The summed E-state index contributed by atoms with van der Waals surface area (Å²) in [7, 11) is 0. The summed E-state index contributed by atoms with van der Waals surface area (Å²) in [5.74, 6) is -0.532. The Hall–Kier alpha value is -2.12. The summed E-state index contributed by atoms with van der Waals surface area (Å²) in [6.45, 7) is 14.6. The zero-order valence-corrected chi connectivity index (χ0v) is 20.1. The zero-order valence-electron chi connectivity index (χ0n) is 20.1. The molecule has 0 bridgehead atoms. The maximum absolute atomic E-state index is 13.1. The fourth-order valence-corrected chi connectivity index (χ4v) is 5.22. The number of amides is 4. The third-order valence-electron chi connectivity index (χ3n) is 5.79. The maximum Gasteiger partial charge on any atom is 0.326 e. The lowest BCUT2D eigenvalue weighted by molar-refractivity contribution is -0.154. The Morgan fingerprint density at radius 1 is 1.13 bits per heavy atom. The molecule has 0 aromatic rings. The Balaban J connectivity index is 1.97. The van der Waals surface area contributed by atoms with Gasteiger partial charge >= 0.3 is 12.0 Å². The highest BCUT2D eigenvalue weighted by atomic mass is 16.5. The largest absolute Gasteiger partial charge is 0.454 e. The van der Waals surface area contributed by atoms with Gasteiger partial charge in [0.1, 0.15) is 12.1 Å². The highest BCUT2D eigenvalue weighted by Crippen LogP contribution is 2.46. The molecular weight excluding hydrogens is 398 g/mol. The number of esters is 1. The predicted molar refractivity (Wildman–Crippen MR) is 117 cm³/mol. The molecule has 8 heteroatoms. The first-order chi connectivity index (χ1) is 14.2. The number of hydrogen-bond acceptors (Lipinski definition) is 5. The van der Waals surface area contributed by atoms with Crippen molar-refractivity contribution < 1.29 is 23.9 Å². The molecule has 2 rings (SSSR count). The van der Waals surface area contributed by atoms with Crippen molar-refractivity contribution in [2.24, 2.45) is 23.2 Å². The van der Waals surface area contributed by atoms with Crippen LogP contribution in [-0.2, 0) is 19.1 Å². The molecule has 0 unspecified atom stereocenters. The second kappa shape index (κ2) is 9.57. The van der Waals surface area contributed by atoms with Crippen molar-refractivity contribution in [1.29, 1.82) is 0 Å². The molecule has 1 aliphatic carbocycles. The van der Waals surface area contributed by atoms with Crippen molar-refractivity contribution >= 4 is 23.8 Å². The summed E-state index contributed by atoms with van der Waals surface area (Å²) in [4.78, 5) is 53.1. The monoisotopic (exact) mass is 437 g/mol. The summed E-state index contributed by atoms with van der Waals surface area (Å²) in [5.41, 5.74) is -1.04. The van der Waals surface area contributed by atoms with Gasteiger partial charge in [0.25, 0.3) is 11.8 Å². The fourth-order valence-electron chi connectivity index (χ4n) is 5.22. The van der Waals surface area contributed by atoms with Gasteiger partial charge in [0, 0.05) is 13.1 Å². The Morgan fingerprint density at radius 2 is 1.71 bits per heavy atom. The Morgan fingerprint density at radius 3 is 2.23 bits per heavy atom. The van der Waals surface area contributed by atoms with E-state index in [0.717, 1.165) is 11.3 Å². The van der Waals surface area contributed by atoms with Gasteiger partial charge in [-0.25, -0.2) is 4.79 Å². The van der Waals surface area contributed by atoms with Gasteiger partial charge in [-0.15, -0.1) is 0 Å². The molecule has 2 atom stereocenters. The minimum atomic E-state index is -0.959. The average molecular weight is 438 g/mol. The number of urea groups is 1. The predicted octanol–water partition coefficient (Wildman–Crippen LogP) is 2.81. The highest BCUT2D eigenvalue weighted by Gasteiger charge is 2.56. The summed E-state index contributed by atoms with van der Waals surface area (Å²) in [5, 5.41) is 2.84. The van der Waals surface area contributed by atoms with E-state index in [4.69, 9.17) is 4.74 Å². The molecule has 1 saturated heterocycles. The molecule has 1 saturated carbocycles. The SMILES string of the molecule is CC(C)CN(CC(C)C)C(=O)COC(=O)CN1C(=O)N[C@@]2(C[C@@H](C)CC(C)(C)C2)C1=O. The van der Waals surface area contributed by atoms with Crippen LogP contribution in [0, 0.1) is 23.2 Å². The van der Waals surface area contributed by atoms with Gasteiger partial charge in [-0.3, -0.25) is 19.3 Å². The summed E-state index contributed by atoms with van der Waals surface area (Å²) < 4.78 is 5.14. The number of ether oxygens (including phenoxy) is 1. The molecule has 31 heavy (non-hydrogen) atoms. The van der Waals surface area contributed by atoms with Crippen LogP contribution in [0.25, 0.3) is 0 Å². The van der Waals surface area contributed by atoms with Gasteiger partial charge in [-0.2, -0.15) is 0 Å². The van der Waals surface area contributed by atoms with E-state index in [-0.39, 0.29) is 23.1 Å². The highest BCUT2D eigenvalue weighted by molar-refractivity contribution is 6.08. The van der Waals surface area contributed by atoms with E-state index in [2.05, 4.69) is 26.1 Å². The summed E-state index contributed by atoms with van der Waals surface area (Å²) in [6.07, 6.45) is 2.08. The van der Waals surface area contributed by atoms with Crippen molar-refractivity contribution in [3.8, 4) is 0 Å². The van der Waals surface area contributed by atoms with Crippen LogP contribution < -0.4 is 5.32 Å². The molecule has 2 fully saturated rings. The van der Waals surface area contributed by atoms with Gasteiger partial charge in [-0.05, 0) is 42.4 Å². The standard InChI is InChI=1S/C23H39N3O5/c1-15(2)10-25(11-16(3)4)18(27)13-31-19(28)12-26-20(29)23(24-21(26)30)9-17(5)8-22(6,7)14-23/h15-17H,8-14H2,1-7H3,(H,24,30)/t17-,23+/m0/s1. The molecule has 0 radical (unpaired) electrons.